The number of imidazole rings is 1. The van der Waals surface area contributed by atoms with E-state index < -0.39 is 0 Å². The number of aromatic nitrogens is 3. The highest BCUT2D eigenvalue weighted by atomic mass is 79.9. The van der Waals surface area contributed by atoms with Crippen LogP contribution in [-0.2, 0) is 6.54 Å². The molecular formula is C9H10BrN3O. The predicted molar refractivity (Wildman–Crippen MR) is 57.5 cm³/mol. The van der Waals surface area contributed by atoms with Crippen molar-refractivity contribution in [3.05, 3.63) is 17.0 Å². The first-order valence-corrected chi connectivity index (χ1v) is 5.10. The largest absolute Gasteiger partial charge is 0.479 e. The summed E-state index contributed by atoms with van der Waals surface area (Å²) < 4.78 is 8.09. The van der Waals surface area contributed by atoms with Crippen LogP contribution in [0.15, 0.2) is 17.0 Å². The van der Waals surface area contributed by atoms with Crippen LogP contribution in [0.4, 0.5) is 0 Å². The van der Waals surface area contributed by atoms with Gasteiger partial charge in [-0.3, -0.25) is 0 Å². The SMILES string of the molecule is CCn1cnc2c(Br)cnc(OC)c21. The lowest BCUT2D eigenvalue weighted by Gasteiger charge is -2.04. The summed E-state index contributed by atoms with van der Waals surface area (Å²) in [6, 6.07) is 0. The minimum Gasteiger partial charge on any atom is -0.479 e. The van der Waals surface area contributed by atoms with E-state index in [4.69, 9.17) is 4.74 Å². The van der Waals surface area contributed by atoms with Gasteiger partial charge in [0.25, 0.3) is 0 Å². The Morgan fingerprint density at radius 3 is 2.93 bits per heavy atom. The Kier molecular flexibility index (Phi) is 2.41. The van der Waals surface area contributed by atoms with E-state index in [-0.39, 0.29) is 0 Å². The van der Waals surface area contributed by atoms with Gasteiger partial charge in [0.05, 0.1) is 17.9 Å². The van der Waals surface area contributed by atoms with Gasteiger partial charge in [0.15, 0.2) is 0 Å². The summed E-state index contributed by atoms with van der Waals surface area (Å²) in [4.78, 5) is 8.47. The fourth-order valence-corrected chi connectivity index (χ4v) is 1.80. The molecule has 2 heterocycles. The molecule has 0 saturated carbocycles. The van der Waals surface area contributed by atoms with E-state index >= 15 is 0 Å². The quantitative estimate of drug-likeness (QED) is 0.827. The average Bonchev–Trinajstić information content (AvgIpc) is 2.63. The van der Waals surface area contributed by atoms with Crippen molar-refractivity contribution < 1.29 is 4.74 Å². The molecule has 2 aromatic rings. The third kappa shape index (κ3) is 1.28. The summed E-state index contributed by atoms with van der Waals surface area (Å²) in [5, 5.41) is 0. The number of nitrogens with zero attached hydrogens (tertiary/aromatic N) is 3. The van der Waals surface area contributed by atoms with Gasteiger partial charge in [-0.05, 0) is 22.9 Å². The van der Waals surface area contributed by atoms with Gasteiger partial charge in [0.2, 0.25) is 5.88 Å². The number of hydrogen-bond acceptors (Lipinski definition) is 3. The number of rotatable bonds is 2. The molecule has 0 spiro atoms. The highest BCUT2D eigenvalue weighted by Crippen LogP contribution is 2.28. The summed E-state index contributed by atoms with van der Waals surface area (Å²) in [6.07, 6.45) is 3.49. The molecule has 0 amide bonds. The highest BCUT2D eigenvalue weighted by Gasteiger charge is 2.11. The van der Waals surface area contributed by atoms with Crippen LogP contribution in [0.2, 0.25) is 0 Å². The summed E-state index contributed by atoms with van der Waals surface area (Å²) in [7, 11) is 1.61. The maximum Gasteiger partial charge on any atom is 0.240 e. The molecule has 0 aliphatic rings. The number of pyridine rings is 1. The Labute approximate surface area is 90.0 Å². The lowest BCUT2D eigenvalue weighted by molar-refractivity contribution is 0.401. The van der Waals surface area contributed by atoms with Crippen molar-refractivity contribution in [1.29, 1.82) is 0 Å². The Morgan fingerprint density at radius 1 is 1.50 bits per heavy atom. The van der Waals surface area contributed by atoms with E-state index in [9.17, 15) is 0 Å². The van der Waals surface area contributed by atoms with Crippen LogP contribution in [-0.4, -0.2) is 21.6 Å². The minimum absolute atomic E-state index is 0.613. The molecule has 0 unspecified atom stereocenters. The third-order valence-electron chi connectivity index (χ3n) is 2.10. The smallest absolute Gasteiger partial charge is 0.240 e. The second-order valence-electron chi connectivity index (χ2n) is 2.84. The summed E-state index contributed by atoms with van der Waals surface area (Å²) in [6.45, 7) is 2.91. The zero-order valence-electron chi connectivity index (χ0n) is 7.99. The van der Waals surface area contributed by atoms with Crippen LogP contribution >= 0.6 is 15.9 Å². The van der Waals surface area contributed by atoms with Crippen molar-refractivity contribution in [2.45, 2.75) is 13.5 Å². The molecule has 0 aliphatic heterocycles. The Bertz CT molecular complexity index is 466. The van der Waals surface area contributed by atoms with Crippen LogP contribution in [0.1, 0.15) is 6.92 Å². The molecule has 0 bridgehead atoms. The average molecular weight is 256 g/mol. The molecule has 0 aromatic carbocycles. The first-order valence-electron chi connectivity index (χ1n) is 4.31. The Balaban J connectivity index is 2.82. The molecule has 0 saturated heterocycles. The molecule has 0 radical (unpaired) electrons. The number of fused-ring (bicyclic) bond motifs is 1. The van der Waals surface area contributed by atoms with Crippen molar-refractivity contribution in [1.82, 2.24) is 14.5 Å². The minimum atomic E-state index is 0.613. The molecule has 0 atom stereocenters. The van der Waals surface area contributed by atoms with Crippen LogP contribution in [0.3, 0.4) is 0 Å². The van der Waals surface area contributed by atoms with Crippen molar-refractivity contribution in [2.75, 3.05) is 7.11 Å². The van der Waals surface area contributed by atoms with Gasteiger partial charge in [0, 0.05) is 12.7 Å². The molecule has 0 aliphatic carbocycles. The van der Waals surface area contributed by atoms with Crippen LogP contribution in [0, 0.1) is 0 Å². The summed E-state index contributed by atoms with van der Waals surface area (Å²) >= 11 is 3.41. The first kappa shape index (κ1) is 9.45. The molecular weight excluding hydrogens is 246 g/mol. The van der Waals surface area contributed by atoms with E-state index in [1.54, 1.807) is 19.6 Å². The zero-order chi connectivity index (χ0) is 10.1. The maximum absolute atomic E-state index is 5.19. The molecule has 4 nitrogen and oxygen atoms in total. The number of halogens is 1. The van der Waals surface area contributed by atoms with Crippen molar-refractivity contribution in [3.63, 3.8) is 0 Å². The van der Waals surface area contributed by atoms with Crippen LogP contribution in [0.25, 0.3) is 11.0 Å². The predicted octanol–water partition coefficient (Wildman–Crippen LogP) is 2.22. The van der Waals surface area contributed by atoms with Gasteiger partial charge in [0.1, 0.15) is 11.0 Å². The van der Waals surface area contributed by atoms with E-state index in [2.05, 4.69) is 32.8 Å². The summed E-state index contributed by atoms with van der Waals surface area (Å²) in [5.41, 5.74) is 1.82. The third-order valence-corrected chi connectivity index (χ3v) is 2.68. The molecule has 74 valence electrons. The first-order chi connectivity index (χ1) is 6.77. The van der Waals surface area contributed by atoms with Gasteiger partial charge in [-0.15, -0.1) is 0 Å². The van der Waals surface area contributed by atoms with Crippen LogP contribution in [0.5, 0.6) is 5.88 Å². The Morgan fingerprint density at radius 2 is 2.29 bits per heavy atom. The second-order valence-corrected chi connectivity index (χ2v) is 3.70. The van der Waals surface area contributed by atoms with E-state index in [0.717, 1.165) is 22.1 Å². The highest BCUT2D eigenvalue weighted by molar-refractivity contribution is 9.10. The molecule has 5 heteroatoms. The monoisotopic (exact) mass is 255 g/mol. The summed E-state index contributed by atoms with van der Waals surface area (Å²) in [5.74, 6) is 0.613. The van der Waals surface area contributed by atoms with Gasteiger partial charge in [-0.2, -0.15) is 0 Å². The van der Waals surface area contributed by atoms with E-state index in [1.165, 1.54) is 0 Å². The van der Waals surface area contributed by atoms with Gasteiger partial charge in [-0.1, -0.05) is 0 Å². The zero-order valence-corrected chi connectivity index (χ0v) is 9.58. The molecule has 2 aromatic heterocycles. The fourth-order valence-electron chi connectivity index (χ4n) is 1.41. The normalized spacial score (nSPS) is 10.8. The molecule has 2 rings (SSSR count). The number of aryl methyl sites for hydroxylation is 1. The number of hydrogen-bond donors (Lipinski definition) is 0. The van der Waals surface area contributed by atoms with Crippen molar-refractivity contribution >= 4 is 27.0 Å². The van der Waals surface area contributed by atoms with Gasteiger partial charge < -0.3 is 9.30 Å². The van der Waals surface area contributed by atoms with Crippen molar-refractivity contribution in [3.8, 4) is 5.88 Å². The number of methoxy groups -OCH3 is 1. The number of ether oxygens (including phenoxy) is 1. The van der Waals surface area contributed by atoms with Crippen molar-refractivity contribution in [2.24, 2.45) is 0 Å². The van der Waals surface area contributed by atoms with E-state index in [0.29, 0.717) is 5.88 Å². The molecule has 14 heavy (non-hydrogen) atoms. The second kappa shape index (κ2) is 3.57. The standard InChI is InChI=1S/C9H10BrN3O/c1-3-13-5-12-7-6(10)4-11-9(14-2)8(7)13/h4-5H,3H2,1-2H3. The van der Waals surface area contributed by atoms with Gasteiger partial charge >= 0.3 is 0 Å². The fraction of sp³-hybridized carbons (Fsp3) is 0.333. The molecule has 0 N–H and O–H groups in total. The Hall–Kier alpha value is -1.10. The topological polar surface area (TPSA) is 39.9 Å². The maximum atomic E-state index is 5.19. The van der Waals surface area contributed by atoms with Crippen LogP contribution < -0.4 is 4.74 Å². The van der Waals surface area contributed by atoms with Gasteiger partial charge in [-0.25, -0.2) is 9.97 Å². The lowest BCUT2D eigenvalue weighted by atomic mass is 10.4. The lowest BCUT2D eigenvalue weighted by Crippen LogP contribution is -1.96. The molecule has 0 fully saturated rings. The van der Waals surface area contributed by atoms with E-state index in [1.807, 2.05) is 4.57 Å².